The summed E-state index contributed by atoms with van der Waals surface area (Å²) >= 11 is 0. The van der Waals surface area contributed by atoms with Crippen LogP contribution in [0, 0.1) is 10.8 Å². The molecular weight excluding hydrogens is 264 g/mol. The normalized spacial score (nSPS) is 27.2. The van der Waals surface area contributed by atoms with Gasteiger partial charge in [-0.15, -0.1) is 0 Å². The zero-order valence-electron chi connectivity index (χ0n) is 15.0. The Balaban J connectivity index is 2.61. The summed E-state index contributed by atoms with van der Waals surface area (Å²) in [6.07, 6.45) is 5.54. The van der Waals surface area contributed by atoms with Crippen molar-refractivity contribution >= 4 is 5.97 Å². The number of carbonyl (C=O) groups is 1. The zero-order valence-corrected chi connectivity index (χ0v) is 15.0. The van der Waals surface area contributed by atoms with Crippen molar-refractivity contribution in [2.24, 2.45) is 10.8 Å². The van der Waals surface area contributed by atoms with Gasteiger partial charge in [0.1, 0.15) is 6.61 Å². The van der Waals surface area contributed by atoms with Crippen molar-refractivity contribution in [3.05, 3.63) is 0 Å². The maximum absolute atomic E-state index is 11.3. The van der Waals surface area contributed by atoms with Crippen LogP contribution in [-0.4, -0.2) is 24.3 Å². The molecule has 1 saturated carbocycles. The lowest BCUT2D eigenvalue weighted by atomic mass is 9.62. The average molecular weight is 298 g/mol. The Morgan fingerprint density at radius 2 is 1.86 bits per heavy atom. The molecule has 1 aliphatic carbocycles. The molecule has 0 aromatic heterocycles. The lowest BCUT2D eigenvalue weighted by Crippen LogP contribution is -2.45. The van der Waals surface area contributed by atoms with E-state index < -0.39 is 5.60 Å². The first-order valence-corrected chi connectivity index (χ1v) is 8.33. The Morgan fingerprint density at radius 3 is 2.38 bits per heavy atom. The van der Waals surface area contributed by atoms with Crippen molar-refractivity contribution in [1.29, 1.82) is 0 Å². The number of hydrogen-bond donors (Lipinski definition) is 0. The summed E-state index contributed by atoms with van der Waals surface area (Å²) in [6, 6.07) is 0. The van der Waals surface area contributed by atoms with Gasteiger partial charge in [-0.2, -0.15) is 0 Å². The van der Waals surface area contributed by atoms with E-state index in [4.69, 9.17) is 9.47 Å². The highest BCUT2D eigenvalue weighted by atomic mass is 16.6. The fourth-order valence-electron chi connectivity index (χ4n) is 3.60. The van der Waals surface area contributed by atoms with Gasteiger partial charge in [-0.25, -0.2) is 0 Å². The van der Waals surface area contributed by atoms with Crippen molar-refractivity contribution in [3.63, 3.8) is 0 Å². The van der Waals surface area contributed by atoms with Crippen LogP contribution in [0.15, 0.2) is 0 Å². The third-order valence-electron chi connectivity index (χ3n) is 4.83. The predicted molar refractivity (Wildman–Crippen MR) is 86.2 cm³/mol. The van der Waals surface area contributed by atoms with Crippen LogP contribution in [-0.2, 0) is 14.3 Å². The highest BCUT2D eigenvalue weighted by molar-refractivity contribution is 5.68. The molecule has 2 atom stereocenters. The van der Waals surface area contributed by atoms with Gasteiger partial charge in [0, 0.05) is 6.42 Å². The van der Waals surface area contributed by atoms with Crippen molar-refractivity contribution in [2.75, 3.05) is 6.61 Å². The molecule has 0 aromatic carbocycles. The Bertz CT molecular complexity index is 359. The monoisotopic (exact) mass is 298 g/mol. The molecular formula is C18H34O3. The van der Waals surface area contributed by atoms with Crippen molar-refractivity contribution in [3.8, 4) is 0 Å². The summed E-state index contributed by atoms with van der Waals surface area (Å²) in [4.78, 5) is 11.3. The van der Waals surface area contributed by atoms with E-state index in [2.05, 4.69) is 27.7 Å². The minimum atomic E-state index is -0.436. The van der Waals surface area contributed by atoms with Crippen LogP contribution in [0.4, 0.5) is 0 Å². The molecule has 0 aromatic rings. The standard InChI is InChI=1S/C18H34O3/c1-8-15(19)20-13-17(5,6)21-14(2)18(7)11-9-10-16(3,4)12-18/h14H,8-13H2,1-7H3/t14-,18+/m0/s1. The summed E-state index contributed by atoms with van der Waals surface area (Å²) in [5.41, 5.74) is 0.159. The van der Waals surface area contributed by atoms with Crippen LogP contribution >= 0.6 is 0 Å². The van der Waals surface area contributed by atoms with Crippen LogP contribution in [0.3, 0.4) is 0 Å². The van der Waals surface area contributed by atoms with E-state index in [1.54, 1.807) is 0 Å². The Kier molecular flexibility index (Phi) is 5.88. The summed E-state index contributed by atoms with van der Waals surface area (Å²) in [5.74, 6) is -0.163. The molecule has 0 N–H and O–H groups in total. The summed E-state index contributed by atoms with van der Waals surface area (Å²) < 4.78 is 11.5. The van der Waals surface area contributed by atoms with Crippen LogP contribution < -0.4 is 0 Å². The van der Waals surface area contributed by atoms with Gasteiger partial charge in [0.25, 0.3) is 0 Å². The van der Waals surface area contributed by atoms with E-state index in [-0.39, 0.29) is 17.5 Å². The molecule has 0 saturated heterocycles. The number of hydrogen-bond acceptors (Lipinski definition) is 3. The molecule has 0 unspecified atom stereocenters. The van der Waals surface area contributed by atoms with Gasteiger partial charge in [0.05, 0.1) is 11.7 Å². The van der Waals surface area contributed by atoms with Crippen LogP contribution in [0.1, 0.15) is 80.6 Å². The van der Waals surface area contributed by atoms with Crippen molar-refractivity contribution in [1.82, 2.24) is 0 Å². The first-order valence-electron chi connectivity index (χ1n) is 8.33. The van der Waals surface area contributed by atoms with Crippen LogP contribution in [0.25, 0.3) is 0 Å². The summed E-state index contributed by atoms with van der Waals surface area (Å²) in [7, 11) is 0. The van der Waals surface area contributed by atoms with Gasteiger partial charge < -0.3 is 9.47 Å². The highest BCUT2D eigenvalue weighted by Crippen LogP contribution is 2.49. The second-order valence-electron chi connectivity index (χ2n) is 8.38. The number of ether oxygens (including phenoxy) is 2. The minimum absolute atomic E-state index is 0.160. The third kappa shape index (κ3) is 5.61. The molecule has 3 nitrogen and oxygen atoms in total. The van der Waals surface area contributed by atoms with E-state index in [0.29, 0.717) is 18.4 Å². The molecule has 1 fully saturated rings. The molecule has 0 aliphatic heterocycles. The predicted octanol–water partition coefficient (Wildman–Crippen LogP) is 4.73. The maximum atomic E-state index is 11.3. The lowest BCUT2D eigenvalue weighted by Gasteiger charge is -2.47. The van der Waals surface area contributed by atoms with Gasteiger partial charge in [-0.05, 0) is 50.9 Å². The minimum Gasteiger partial charge on any atom is -0.463 e. The van der Waals surface area contributed by atoms with E-state index >= 15 is 0 Å². The van der Waals surface area contributed by atoms with Crippen LogP contribution in [0.5, 0.6) is 0 Å². The average Bonchev–Trinajstić information content (AvgIpc) is 2.34. The highest BCUT2D eigenvalue weighted by Gasteiger charge is 2.42. The van der Waals surface area contributed by atoms with E-state index in [0.717, 1.165) is 0 Å². The smallest absolute Gasteiger partial charge is 0.305 e. The van der Waals surface area contributed by atoms with Crippen molar-refractivity contribution < 1.29 is 14.3 Å². The molecule has 1 aliphatic rings. The van der Waals surface area contributed by atoms with Crippen LogP contribution in [0.2, 0.25) is 0 Å². The largest absolute Gasteiger partial charge is 0.463 e. The molecule has 1 rings (SSSR count). The summed E-state index contributed by atoms with van der Waals surface area (Å²) in [6.45, 7) is 15.4. The Hall–Kier alpha value is -0.570. The Morgan fingerprint density at radius 1 is 1.24 bits per heavy atom. The topological polar surface area (TPSA) is 35.5 Å². The first-order chi connectivity index (χ1) is 9.50. The second-order valence-corrected chi connectivity index (χ2v) is 8.38. The molecule has 0 heterocycles. The molecule has 0 radical (unpaired) electrons. The van der Waals surface area contributed by atoms with Crippen molar-refractivity contribution in [2.45, 2.75) is 92.3 Å². The maximum Gasteiger partial charge on any atom is 0.305 e. The van der Waals surface area contributed by atoms with Gasteiger partial charge in [0.2, 0.25) is 0 Å². The number of carbonyl (C=O) groups excluding carboxylic acids is 1. The van der Waals surface area contributed by atoms with E-state index in [9.17, 15) is 4.79 Å². The molecule has 0 spiro atoms. The van der Waals surface area contributed by atoms with E-state index in [1.807, 2.05) is 20.8 Å². The molecule has 0 amide bonds. The SMILES string of the molecule is CCC(=O)OCC(C)(C)O[C@@H](C)[C@]1(C)CCCC(C)(C)C1. The van der Waals surface area contributed by atoms with Gasteiger partial charge >= 0.3 is 5.97 Å². The zero-order chi connectivity index (χ0) is 16.3. The lowest BCUT2D eigenvalue weighted by molar-refractivity contribution is -0.170. The van der Waals surface area contributed by atoms with Gasteiger partial charge in [0.15, 0.2) is 0 Å². The molecule has 3 heteroatoms. The molecule has 21 heavy (non-hydrogen) atoms. The number of rotatable bonds is 6. The van der Waals surface area contributed by atoms with E-state index in [1.165, 1.54) is 25.7 Å². The summed E-state index contributed by atoms with van der Waals surface area (Å²) in [5, 5.41) is 0. The fraction of sp³-hybridized carbons (Fsp3) is 0.944. The molecule has 124 valence electrons. The number of esters is 1. The molecule has 0 bridgehead atoms. The van der Waals surface area contributed by atoms with Gasteiger partial charge in [-0.1, -0.05) is 34.1 Å². The Labute approximate surface area is 130 Å². The fourth-order valence-corrected chi connectivity index (χ4v) is 3.60. The second kappa shape index (κ2) is 6.68. The first kappa shape index (κ1) is 18.5. The quantitative estimate of drug-likeness (QED) is 0.665. The van der Waals surface area contributed by atoms with Gasteiger partial charge in [-0.3, -0.25) is 4.79 Å². The third-order valence-corrected chi connectivity index (χ3v) is 4.83.